The summed E-state index contributed by atoms with van der Waals surface area (Å²) in [5.74, 6) is 0.372. The highest BCUT2D eigenvalue weighted by Crippen LogP contribution is 2.18. The molecular weight excluding hydrogens is 356 g/mol. The Labute approximate surface area is 162 Å². The van der Waals surface area contributed by atoms with Crippen molar-refractivity contribution in [3.05, 3.63) is 66.5 Å². The average Bonchev–Trinajstić information content (AvgIpc) is 3.33. The maximum Gasteiger partial charge on any atom is 0.317 e. The first-order valence-corrected chi connectivity index (χ1v) is 9.04. The predicted molar refractivity (Wildman–Crippen MR) is 104 cm³/mol. The second kappa shape index (κ2) is 7.91. The van der Waals surface area contributed by atoms with E-state index in [1.807, 2.05) is 54.6 Å². The molecule has 0 radical (unpaired) electrons. The molecular formula is C20H20N6O2. The molecule has 1 aliphatic rings. The summed E-state index contributed by atoms with van der Waals surface area (Å²) in [4.78, 5) is 30.2. The Kier molecular flexibility index (Phi) is 5.01. The molecule has 0 saturated carbocycles. The summed E-state index contributed by atoms with van der Waals surface area (Å²) in [6.45, 7) is 1.80. The average molecular weight is 376 g/mol. The van der Waals surface area contributed by atoms with Crippen molar-refractivity contribution in [3.63, 3.8) is 0 Å². The van der Waals surface area contributed by atoms with Crippen LogP contribution in [0.25, 0.3) is 11.4 Å². The molecule has 2 aromatic carbocycles. The van der Waals surface area contributed by atoms with Crippen LogP contribution in [0.4, 0.5) is 10.5 Å². The SMILES string of the molecule is O=C(Cn1cnc(-c2ccccc2)n1)Nc1ccccc1CN1CCNC1=O. The Bertz CT molecular complexity index is 985. The Hall–Kier alpha value is -3.68. The van der Waals surface area contributed by atoms with E-state index in [-0.39, 0.29) is 18.5 Å². The van der Waals surface area contributed by atoms with Crippen LogP contribution in [0.1, 0.15) is 5.56 Å². The van der Waals surface area contributed by atoms with Crippen molar-refractivity contribution in [2.24, 2.45) is 0 Å². The molecule has 3 amide bonds. The summed E-state index contributed by atoms with van der Waals surface area (Å²) in [5.41, 5.74) is 2.47. The Morgan fingerprint density at radius 1 is 1.11 bits per heavy atom. The van der Waals surface area contributed by atoms with E-state index in [0.29, 0.717) is 31.1 Å². The maximum atomic E-state index is 12.5. The number of carbonyl (C=O) groups is 2. The van der Waals surface area contributed by atoms with Crippen molar-refractivity contribution in [1.82, 2.24) is 25.0 Å². The lowest BCUT2D eigenvalue weighted by Gasteiger charge is -2.17. The monoisotopic (exact) mass is 376 g/mol. The first kappa shape index (κ1) is 17.7. The van der Waals surface area contributed by atoms with Crippen molar-refractivity contribution < 1.29 is 9.59 Å². The van der Waals surface area contributed by atoms with Crippen LogP contribution in [0.3, 0.4) is 0 Å². The third-order valence-electron chi connectivity index (χ3n) is 4.47. The number of aromatic nitrogens is 3. The van der Waals surface area contributed by atoms with E-state index in [0.717, 1.165) is 11.1 Å². The molecule has 28 heavy (non-hydrogen) atoms. The van der Waals surface area contributed by atoms with Crippen molar-refractivity contribution >= 4 is 17.6 Å². The molecule has 1 aromatic heterocycles. The van der Waals surface area contributed by atoms with Gasteiger partial charge in [-0.3, -0.25) is 4.79 Å². The minimum absolute atomic E-state index is 0.0539. The van der Waals surface area contributed by atoms with Gasteiger partial charge in [-0.25, -0.2) is 14.5 Å². The summed E-state index contributed by atoms with van der Waals surface area (Å²) < 4.78 is 1.51. The number of carbonyl (C=O) groups excluding carboxylic acids is 2. The van der Waals surface area contributed by atoms with Gasteiger partial charge < -0.3 is 15.5 Å². The Morgan fingerprint density at radius 2 is 1.89 bits per heavy atom. The molecule has 4 rings (SSSR count). The minimum atomic E-state index is -0.206. The molecule has 1 saturated heterocycles. The quantitative estimate of drug-likeness (QED) is 0.689. The van der Waals surface area contributed by atoms with Gasteiger partial charge in [0, 0.05) is 30.9 Å². The van der Waals surface area contributed by atoms with Gasteiger partial charge >= 0.3 is 6.03 Å². The molecule has 0 aliphatic carbocycles. The van der Waals surface area contributed by atoms with E-state index in [1.54, 1.807) is 11.2 Å². The van der Waals surface area contributed by atoms with Gasteiger partial charge in [0.25, 0.3) is 0 Å². The zero-order chi connectivity index (χ0) is 19.3. The highest BCUT2D eigenvalue weighted by molar-refractivity contribution is 5.91. The number of amides is 3. The number of hydrogen-bond acceptors (Lipinski definition) is 4. The molecule has 0 unspecified atom stereocenters. The van der Waals surface area contributed by atoms with Crippen LogP contribution in [0.2, 0.25) is 0 Å². The molecule has 2 heterocycles. The Balaban J connectivity index is 1.42. The summed E-state index contributed by atoms with van der Waals surface area (Å²) in [7, 11) is 0. The number of nitrogens with one attached hydrogen (secondary N) is 2. The van der Waals surface area contributed by atoms with Crippen LogP contribution >= 0.6 is 0 Å². The summed E-state index contributed by atoms with van der Waals surface area (Å²) >= 11 is 0. The van der Waals surface area contributed by atoms with E-state index in [4.69, 9.17) is 0 Å². The van der Waals surface area contributed by atoms with Crippen molar-refractivity contribution in [2.45, 2.75) is 13.1 Å². The first-order chi connectivity index (χ1) is 13.7. The molecule has 1 fully saturated rings. The normalized spacial score (nSPS) is 13.4. The van der Waals surface area contributed by atoms with Crippen LogP contribution in [0.5, 0.6) is 0 Å². The lowest BCUT2D eigenvalue weighted by atomic mass is 10.1. The van der Waals surface area contributed by atoms with E-state index >= 15 is 0 Å². The molecule has 0 spiro atoms. The largest absolute Gasteiger partial charge is 0.336 e. The van der Waals surface area contributed by atoms with Crippen molar-refractivity contribution in [3.8, 4) is 11.4 Å². The molecule has 8 heteroatoms. The van der Waals surface area contributed by atoms with Crippen molar-refractivity contribution in [2.75, 3.05) is 18.4 Å². The lowest BCUT2D eigenvalue weighted by Crippen LogP contribution is -2.28. The van der Waals surface area contributed by atoms with Gasteiger partial charge in [-0.2, -0.15) is 5.10 Å². The predicted octanol–water partition coefficient (Wildman–Crippen LogP) is 2.11. The van der Waals surface area contributed by atoms with Crippen LogP contribution in [0, 0.1) is 0 Å². The lowest BCUT2D eigenvalue weighted by molar-refractivity contribution is -0.116. The topological polar surface area (TPSA) is 92.2 Å². The third-order valence-corrected chi connectivity index (χ3v) is 4.47. The molecule has 142 valence electrons. The highest BCUT2D eigenvalue weighted by atomic mass is 16.2. The number of benzene rings is 2. The number of para-hydroxylation sites is 1. The van der Waals surface area contributed by atoms with E-state index in [2.05, 4.69) is 20.7 Å². The van der Waals surface area contributed by atoms with Crippen molar-refractivity contribution in [1.29, 1.82) is 0 Å². The van der Waals surface area contributed by atoms with Gasteiger partial charge in [0.2, 0.25) is 5.91 Å². The second-order valence-corrected chi connectivity index (χ2v) is 6.49. The van der Waals surface area contributed by atoms with E-state index < -0.39 is 0 Å². The maximum absolute atomic E-state index is 12.5. The van der Waals surface area contributed by atoms with Gasteiger partial charge in [-0.15, -0.1) is 0 Å². The fourth-order valence-electron chi connectivity index (χ4n) is 3.07. The molecule has 2 N–H and O–H groups in total. The standard InChI is InChI=1S/C20H20N6O2/c27-18(13-26-14-22-19(24-26)15-6-2-1-3-7-15)23-17-9-5-4-8-16(17)12-25-11-10-21-20(25)28/h1-9,14H,10-13H2,(H,21,28)(H,23,27). The molecule has 8 nitrogen and oxygen atoms in total. The zero-order valence-electron chi connectivity index (χ0n) is 15.2. The highest BCUT2D eigenvalue weighted by Gasteiger charge is 2.20. The minimum Gasteiger partial charge on any atom is -0.336 e. The van der Waals surface area contributed by atoms with Crippen LogP contribution in [0.15, 0.2) is 60.9 Å². The van der Waals surface area contributed by atoms with Gasteiger partial charge in [0.15, 0.2) is 5.82 Å². The number of hydrogen-bond donors (Lipinski definition) is 2. The van der Waals surface area contributed by atoms with Crippen LogP contribution in [-0.2, 0) is 17.9 Å². The molecule has 1 aliphatic heterocycles. The van der Waals surface area contributed by atoms with Gasteiger partial charge in [0.05, 0.1) is 0 Å². The molecule has 3 aromatic rings. The molecule has 0 bridgehead atoms. The Morgan fingerprint density at radius 3 is 2.68 bits per heavy atom. The summed E-state index contributed by atoms with van der Waals surface area (Å²) in [6.07, 6.45) is 1.54. The van der Waals surface area contributed by atoms with E-state index in [9.17, 15) is 9.59 Å². The number of rotatable bonds is 6. The number of urea groups is 1. The molecule has 0 atom stereocenters. The smallest absolute Gasteiger partial charge is 0.317 e. The number of nitrogens with zero attached hydrogens (tertiary/aromatic N) is 4. The summed E-state index contributed by atoms with van der Waals surface area (Å²) in [5, 5.41) is 10.1. The third kappa shape index (κ3) is 4.01. The fraction of sp³-hybridized carbons (Fsp3) is 0.200. The first-order valence-electron chi connectivity index (χ1n) is 9.04. The fourth-order valence-corrected chi connectivity index (χ4v) is 3.07. The van der Waals surface area contributed by atoms with Gasteiger partial charge in [0.1, 0.15) is 12.9 Å². The zero-order valence-corrected chi connectivity index (χ0v) is 15.2. The van der Waals surface area contributed by atoms with Gasteiger partial charge in [-0.1, -0.05) is 48.5 Å². The van der Waals surface area contributed by atoms with Crippen LogP contribution in [-0.4, -0.2) is 44.7 Å². The van der Waals surface area contributed by atoms with Gasteiger partial charge in [-0.05, 0) is 11.6 Å². The summed E-state index contributed by atoms with van der Waals surface area (Å²) in [6, 6.07) is 17.0. The second-order valence-electron chi connectivity index (χ2n) is 6.49. The van der Waals surface area contributed by atoms with E-state index in [1.165, 1.54) is 4.68 Å². The number of anilines is 1. The van der Waals surface area contributed by atoms with Crippen LogP contribution < -0.4 is 10.6 Å².